The molecule has 0 aliphatic rings. The summed E-state index contributed by atoms with van der Waals surface area (Å²) in [6.45, 7) is 5.68. The zero-order valence-electron chi connectivity index (χ0n) is 7.93. The van der Waals surface area contributed by atoms with E-state index in [0.29, 0.717) is 12.2 Å². The van der Waals surface area contributed by atoms with Gasteiger partial charge in [0.2, 0.25) is 0 Å². The first-order valence-corrected chi connectivity index (χ1v) is 4.10. The summed E-state index contributed by atoms with van der Waals surface area (Å²) in [5.41, 5.74) is 1.83. The van der Waals surface area contributed by atoms with Crippen molar-refractivity contribution in [3.05, 3.63) is 41.7 Å². The Hall–Kier alpha value is -1.31. The zero-order valence-corrected chi connectivity index (χ0v) is 7.93. The lowest BCUT2D eigenvalue weighted by Crippen LogP contribution is -1.93. The predicted molar refractivity (Wildman–Crippen MR) is 51.5 cm³/mol. The summed E-state index contributed by atoms with van der Waals surface area (Å²) in [5, 5.41) is 0. The Labute approximate surface area is 77.8 Å². The van der Waals surface area contributed by atoms with Crippen LogP contribution in [0.5, 0.6) is 5.75 Å². The highest BCUT2D eigenvalue weighted by atomic mass is 19.1. The summed E-state index contributed by atoms with van der Waals surface area (Å²) in [6, 6.07) is 4.50. The molecule has 0 bridgehead atoms. The van der Waals surface area contributed by atoms with Crippen LogP contribution in [0.3, 0.4) is 0 Å². The number of hydrogen-bond acceptors (Lipinski definition) is 1. The molecule has 0 aliphatic heterocycles. The Bertz CT molecular complexity index is 318. The lowest BCUT2D eigenvalue weighted by molar-refractivity contribution is 0.409. The van der Waals surface area contributed by atoms with Crippen LogP contribution in [0.25, 0.3) is 0 Å². The van der Waals surface area contributed by atoms with Gasteiger partial charge < -0.3 is 4.74 Å². The molecular weight excluding hydrogens is 167 g/mol. The minimum atomic E-state index is -0.239. The fourth-order valence-corrected chi connectivity index (χ4v) is 1.21. The molecule has 0 unspecified atom stereocenters. The van der Waals surface area contributed by atoms with Crippen molar-refractivity contribution in [3.8, 4) is 5.75 Å². The van der Waals surface area contributed by atoms with Gasteiger partial charge in [0, 0.05) is 5.56 Å². The van der Waals surface area contributed by atoms with Gasteiger partial charge in [-0.05, 0) is 31.5 Å². The molecule has 2 heteroatoms. The van der Waals surface area contributed by atoms with Crippen molar-refractivity contribution in [2.45, 2.75) is 13.3 Å². The first kappa shape index (κ1) is 9.78. The number of benzene rings is 1. The largest absolute Gasteiger partial charge is 0.496 e. The zero-order chi connectivity index (χ0) is 9.84. The Balaban J connectivity index is 3.01. The molecule has 0 saturated heterocycles. The molecule has 0 spiro atoms. The van der Waals surface area contributed by atoms with Crippen molar-refractivity contribution >= 4 is 0 Å². The second-order valence-corrected chi connectivity index (χ2v) is 3.09. The molecule has 0 N–H and O–H groups in total. The molecule has 0 heterocycles. The summed E-state index contributed by atoms with van der Waals surface area (Å²) in [5.74, 6) is 0.474. The van der Waals surface area contributed by atoms with E-state index in [4.69, 9.17) is 4.74 Å². The average molecular weight is 180 g/mol. The third-order valence-electron chi connectivity index (χ3n) is 1.73. The number of halogens is 1. The molecule has 0 atom stereocenters. The van der Waals surface area contributed by atoms with E-state index in [2.05, 4.69) is 6.58 Å². The Morgan fingerprint density at radius 1 is 1.54 bits per heavy atom. The van der Waals surface area contributed by atoms with Gasteiger partial charge in [-0.1, -0.05) is 12.2 Å². The molecule has 1 aromatic carbocycles. The predicted octanol–water partition coefficient (Wildman–Crippen LogP) is 2.95. The van der Waals surface area contributed by atoms with E-state index in [1.807, 2.05) is 6.92 Å². The van der Waals surface area contributed by atoms with E-state index >= 15 is 0 Å². The number of allylic oxidation sites excluding steroid dienone is 1. The Morgan fingerprint density at radius 2 is 2.23 bits per heavy atom. The van der Waals surface area contributed by atoms with Gasteiger partial charge in [0.15, 0.2) is 0 Å². The standard InChI is InChI=1S/C11H13FO/c1-8(2)6-9-7-10(12)4-5-11(9)13-3/h4-5,7H,1,6H2,2-3H3. The topological polar surface area (TPSA) is 9.23 Å². The normalized spacial score (nSPS) is 9.77. The second-order valence-electron chi connectivity index (χ2n) is 3.09. The summed E-state index contributed by atoms with van der Waals surface area (Å²) in [4.78, 5) is 0. The van der Waals surface area contributed by atoms with Crippen LogP contribution in [0.4, 0.5) is 4.39 Å². The first-order valence-electron chi connectivity index (χ1n) is 4.10. The third-order valence-corrected chi connectivity index (χ3v) is 1.73. The van der Waals surface area contributed by atoms with Crippen molar-refractivity contribution in [2.24, 2.45) is 0 Å². The summed E-state index contributed by atoms with van der Waals surface area (Å²) >= 11 is 0. The van der Waals surface area contributed by atoms with Gasteiger partial charge in [-0.15, -0.1) is 0 Å². The lowest BCUT2D eigenvalue weighted by Gasteiger charge is -2.07. The maximum Gasteiger partial charge on any atom is 0.123 e. The number of rotatable bonds is 3. The highest BCUT2D eigenvalue weighted by molar-refractivity contribution is 5.36. The van der Waals surface area contributed by atoms with Crippen molar-refractivity contribution < 1.29 is 9.13 Å². The van der Waals surface area contributed by atoms with Crippen molar-refractivity contribution in [2.75, 3.05) is 7.11 Å². The van der Waals surface area contributed by atoms with E-state index in [9.17, 15) is 4.39 Å². The Morgan fingerprint density at radius 3 is 2.77 bits per heavy atom. The van der Waals surface area contributed by atoms with Gasteiger partial charge in [-0.2, -0.15) is 0 Å². The number of methoxy groups -OCH3 is 1. The fraction of sp³-hybridized carbons (Fsp3) is 0.273. The van der Waals surface area contributed by atoms with Crippen molar-refractivity contribution in [1.82, 2.24) is 0 Å². The molecule has 1 aromatic rings. The molecule has 0 aliphatic carbocycles. The smallest absolute Gasteiger partial charge is 0.123 e. The van der Waals surface area contributed by atoms with Crippen LogP contribution in [-0.4, -0.2) is 7.11 Å². The van der Waals surface area contributed by atoms with Gasteiger partial charge in [0.25, 0.3) is 0 Å². The summed E-state index contributed by atoms with van der Waals surface area (Å²) < 4.78 is 17.9. The van der Waals surface area contributed by atoms with Crippen LogP contribution in [0.2, 0.25) is 0 Å². The third kappa shape index (κ3) is 2.58. The van der Waals surface area contributed by atoms with E-state index < -0.39 is 0 Å². The molecule has 0 radical (unpaired) electrons. The molecule has 70 valence electrons. The summed E-state index contributed by atoms with van der Waals surface area (Å²) in [6.07, 6.45) is 0.654. The fourth-order valence-electron chi connectivity index (χ4n) is 1.21. The maximum absolute atomic E-state index is 12.8. The van der Waals surface area contributed by atoms with E-state index in [1.54, 1.807) is 13.2 Å². The minimum Gasteiger partial charge on any atom is -0.496 e. The highest BCUT2D eigenvalue weighted by Gasteiger charge is 2.03. The molecule has 1 rings (SSSR count). The molecule has 13 heavy (non-hydrogen) atoms. The van der Waals surface area contributed by atoms with E-state index in [-0.39, 0.29) is 5.82 Å². The molecule has 0 saturated carbocycles. The van der Waals surface area contributed by atoms with Gasteiger partial charge in [0.1, 0.15) is 11.6 Å². The average Bonchev–Trinajstić information content (AvgIpc) is 2.03. The van der Waals surface area contributed by atoms with Crippen molar-refractivity contribution in [1.29, 1.82) is 0 Å². The summed E-state index contributed by atoms with van der Waals surface area (Å²) in [7, 11) is 1.58. The molecular formula is C11H13FO. The van der Waals surface area contributed by atoms with Crippen LogP contribution in [0.1, 0.15) is 12.5 Å². The van der Waals surface area contributed by atoms with Crippen LogP contribution in [0, 0.1) is 5.82 Å². The Kier molecular flexibility index (Phi) is 3.07. The molecule has 1 nitrogen and oxygen atoms in total. The molecule has 0 amide bonds. The second kappa shape index (κ2) is 4.08. The van der Waals surface area contributed by atoms with Gasteiger partial charge in [-0.25, -0.2) is 4.39 Å². The molecule has 0 fully saturated rings. The van der Waals surface area contributed by atoms with Crippen molar-refractivity contribution in [3.63, 3.8) is 0 Å². The van der Waals surface area contributed by atoms with Crippen LogP contribution in [-0.2, 0) is 6.42 Å². The number of hydrogen-bond donors (Lipinski definition) is 0. The quantitative estimate of drug-likeness (QED) is 0.650. The van der Waals surface area contributed by atoms with E-state index in [0.717, 1.165) is 11.1 Å². The highest BCUT2D eigenvalue weighted by Crippen LogP contribution is 2.21. The van der Waals surface area contributed by atoms with E-state index in [1.165, 1.54) is 12.1 Å². The maximum atomic E-state index is 12.8. The van der Waals surface area contributed by atoms with Crippen LogP contribution < -0.4 is 4.74 Å². The first-order chi connectivity index (χ1) is 6.13. The monoisotopic (exact) mass is 180 g/mol. The van der Waals surface area contributed by atoms with Crippen LogP contribution >= 0.6 is 0 Å². The molecule has 0 aromatic heterocycles. The minimum absolute atomic E-state index is 0.239. The van der Waals surface area contributed by atoms with Crippen LogP contribution in [0.15, 0.2) is 30.4 Å². The van der Waals surface area contributed by atoms with Gasteiger partial charge >= 0.3 is 0 Å². The number of ether oxygens (including phenoxy) is 1. The van der Waals surface area contributed by atoms with Gasteiger partial charge in [-0.3, -0.25) is 0 Å². The van der Waals surface area contributed by atoms with Gasteiger partial charge in [0.05, 0.1) is 7.11 Å². The lowest BCUT2D eigenvalue weighted by atomic mass is 10.1. The SMILES string of the molecule is C=C(C)Cc1cc(F)ccc1OC.